The van der Waals surface area contributed by atoms with Crippen molar-refractivity contribution in [3.8, 4) is 0 Å². The Morgan fingerprint density at radius 3 is 2.32 bits per heavy atom. The molecule has 2 aromatic carbocycles. The maximum atomic E-state index is 13.5. The highest BCUT2D eigenvalue weighted by Crippen LogP contribution is 2.33. The fraction of sp³-hybridized carbons (Fsp3) is 0.238. The van der Waals surface area contributed by atoms with Crippen molar-refractivity contribution < 1.29 is 18.0 Å². The largest absolute Gasteiger partial charge is 0.417 e. The molecule has 0 aliphatic carbocycles. The van der Waals surface area contributed by atoms with Gasteiger partial charge in [0.15, 0.2) is 0 Å². The second kappa shape index (κ2) is 7.88. The van der Waals surface area contributed by atoms with Crippen LogP contribution < -0.4 is 5.32 Å². The summed E-state index contributed by atoms with van der Waals surface area (Å²) >= 11 is 0. The van der Waals surface area contributed by atoms with E-state index in [-0.39, 0.29) is 11.5 Å². The minimum atomic E-state index is -4.65. The van der Waals surface area contributed by atoms with Crippen LogP contribution in [0.15, 0.2) is 60.7 Å². The van der Waals surface area contributed by atoms with Crippen LogP contribution in [0.4, 0.5) is 13.2 Å². The van der Waals surface area contributed by atoms with Crippen LogP contribution in [0.5, 0.6) is 0 Å². The quantitative estimate of drug-likeness (QED) is 0.604. The molecule has 0 fully saturated rings. The highest BCUT2D eigenvalue weighted by Gasteiger charge is 2.35. The van der Waals surface area contributed by atoms with Gasteiger partial charge in [0.25, 0.3) is 0 Å². The fourth-order valence-corrected chi connectivity index (χ4v) is 2.94. The Kier molecular flexibility index (Phi) is 5.53. The van der Waals surface area contributed by atoms with E-state index in [0.29, 0.717) is 11.9 Å². The number of imidazole rings is 1. The van der Waals surface area contributed by atoms with Crippen molar-refractivity contribution in [1.29, 1.82) is 0 Å². The molecule has 0 spiro atoms. The number of carbonyl (C=O) groups is 1. The van der Waals surface area contributed by atoms with Gasteiger partial charge >= 0.3 is 6.18 Å². The summed E-state index contributed by atoms with van der Waals surface area (Å²) in [5, 5.41) is 2.66. The number of carbonyl (C=O) groups excluding carboxylic acids is 1. The first-order valence-corrected chi connectivity index (χ1v) is 8.85. The van der Waals surface area contributed by atoms with Crippen LogP contribution in [0.3, 0.4) is 0 Å². The molecule has 3 rings (SSSR count). The number of alkyl halides is 3. The predicted molar refractivity (Wildman–Crippen MR) is 102 cm³/mol. The molecule has 0 aliphatic rings. The first kappa shape index (κ1) is 19.7. The molecule has 2 N–H and O–H groups in total. The summed E-state index contributed by atoms with van der Waals surface area (Å²) in [7, 11) is 0. The lowest BCUT2D eigenvalue weighted by Gasteiger charge is -2.20. The average Bonchev–Trinajstić information content (AvgIpc) is 3.07. The standard InChI is InChI=1S/C21H20F3N3O/c1-13(2)19(20-25-16-10-6-7-11-17(16)26-20)27-18(28)12-15(21(22,23)24)14-8-4-3-5-9-14/h3-13,19H,1-2H3,(H,25,26)(H,27,28)/b15-12-/t19-/m0/s1. The van der Waals surface area contributed by atoms with Crippen LogP contribution in [0.1, 0.15) is 31.3 Å². The van der Waals surface area contributed by atoms with E-state index >= 15 is 0 Å². The van der Waals surface area contributed by atoms with Crippen LogP contribution in [0, 0.1) is 5.92 Å². The number of aromatic amines is 1. The van der Waals surface area contributed by atoms with Crippen molar-refractivity contribution >= 4 is 22.5 Å². The normalized spacial score (nSPS) is 13.7. The zero-order chi connectivity index (χ0) is 20.3. The number of halogens is 3. The molecule has 146 valence electrons. The third kappa shape index (κ3) is 4.42. The number of aromatic nitrogens is 2. The van der Waals surface area contributed by atoms with E-state index in [1.54, 1.807) is 6.07 Å². The van der Waals surface area contributed by atoms with Gasteiger partial charge in [-0.25, -0.2) is 4.98 Å². The molecule has 0 saturated carbocycles. The number of rotatable bonds is 5. The number of hydrogen-bond donors (Lipinski definition) is 2. The van der Waals surface area contributed by atoms with Crippen molar-refractivity contribution in [1.82, 2.24) is 15.3 Å². The molecular formula is C21H20F3N3O. The van der Waals surface area contributed by atoms with Gasteiger partial charge in [0, 0.05) is 6.08 Å². The lowest BCUT2D eigenvalue weighted by molar-refractivity contribution is -0.118. The van der Waals surface area contributed by atoms with Crippen LogP contribution in [0.2, 0.25) is 0 Å². The molecule has 0 bridgehead atoms. The Morgan fingerprint density at radius 2 is 1.71 bits per heavy atom. The summed E-state index contributed by atoms with van der Waals surface area (Å²) < 4.78 is 40.4. The SMILES string of the molecule is CC(C)[C@H](NC(=O)/C=C(/c1ccccc1)C(F)(F)F)c1nc2ccccc2[nH]1. The van der Waals surface area contributed by atoms with Gasteiger partial charge in [-0.05, 0) is 23.6 Å². The Balaban J connectivity index is 1.90. The van der Waals surface area contributed by atoms with E-state index < -0.39 is 23.7 Å². The van der Waals surface area contributed by atoms with Crippen LogP contribution in [-0.2, 0) is 4.79 Å². The molecule has 4 nitrogen and oxygen atoms in total. The maximum absolute atomic E-state index is 13.5. The molecular weight excluding hydrogens is 367 g/mol. The van der Waals surface area contributed by atoms with Gasteiger partial charge in [-0.3, -0.25) is 4.79 Å². The van der Waals surface area contributed by atoms with Crippen molar-refractivity contribution in [2.24, 2.45) is 5.92 Å². The van der Waals surface area contributed by atoms with Crippen molar-refractivity contribution in [3.63, 3.8) is 0 Å². The van der Waals surface area contributed by atoms with Gasteiger partial charge in [0.2, 0.25) is 5.91 Å². The van der Waals surface area contributed by atoms with Crippen molar-refractivity contribution in [2.75, 3.05) is 0 Å². The molecule has 1 amide bonds. The van der Waals surface area contributed by atoms with Crippen LogP contribution >= 0.6 is 0 Å². The van der Waals surface area contributed by atoms with E-state index in [4.69, 9.17) is 0 Å². The number of benzene rings is 2. The number of amides is 1. The maximum Gasteiger partial charge on any atom is 0.417 e. The number of para-hydroxylation sites is 2. The number of fused-ring (bicyclic) bond motifs is 1. The van der Waals surface area contributed by atoms with Crippen LogP contribution in [-0.4, -0.2) is 22.1 Å². The van der Waals surface area contributed by atoms with Gasteiger partial charge in [0.05, 0.1) is 22.6 Å². The smallest absolute Gasteiger partial charge is 0.342 e. The monoisotopic (exact) mass is 387 g/mol. The minimum Gasteiger partial charge on any atom is -0.342 e. The predicted octanol–water partition coefficient (Wildman–Crippen LogP) is 5.02. The third-order valence-electron chi connectivity index (χ3n) is 4.33. The van der Waals surface area contributed by atoms with Gasteiger partial charge < -0.3 is 10.3 Å². The lowest BCUT2D eigenvalue weighted by atomic mass is 10.0. The number of hydrogen-bond acceptors (Lipinski definition) is 2. The summed E-state index contributed by atoms with van der Waals surface area (Å²) in [5.41, 5.74) is 0.481. The van der Waals surface area contributed by atoms with E-state index in [0.717, 1.165) is 11.0 Å². The zero-order valence-electron chi connectivity index (χ0n) is 15.4. The molecule has 1 heterocycles. The Hall–Kier alpha value is -3.09. The number of allylic oxidation sites excluding steroid dienone is 1. The Bertz CT molecular complexity index is 958. The average molecular weight is 387 g/mol. The molecule has 1 atom stereocenters. The number of H-pyrrole nitrogens is 1. The second-order valence-electron chi connectivity index (χ2n) is 6.79. The second-order valence-corrected chi connectivity index (χ2v) is 6.79. The third-order valence-corrected chi connectivity index (χ3v) is 4.33. The summed E-state index contributed by atoms with van der Waals surface area (Å²) in [5.74, 6) is -0.398. The van der Waals surface area contributed by atoms with E-state index in [1.165, 1.54) is 24.3 Å². The summed E-state index contributed by atoms with van der Waals surface area (Å²) in [6.07, 6.45) is -4.04. The molecule has 0 aliphatic heterocycles. The molecule has 0 unspecified atom stereocenters. The number of nitrogens with one attached hydrogen (secondary N) is 2. The summed E-state index contributed by atoms with van der Waals surface area (Å²) in [4.78, 5) is 20.0. The first-order valence-electron chi connectivity index (χ1n) is 8.85. The lowest BCUT2D eigenvalue weighted by Crippen LogP contribution is -2.32. The number of nitrogens with zero attached hydrogens (tertiary/aromatic N) is 1. The van der Waals surface area contributed by atoms with Crippen molar-refractivity contribution in [2.45, 2.75) is 26.1 Å². The molecule has 0 saturated heterocycles. The molecule has 1 aromatic heterocycles. The highest BCUT2D eigenvalue weighted by molar-refractivity contribution is 5.96. The summed E-state index contributed by atoms with van der Waals surface area (Å²) in [6.45, 7) is 3.73. The molecule has 3 aromatic rings. The molecule has 0 radical (unpaired) electrons. The van der Waals surface area contributed by atoms with E-state index in [2.05, 4.69) is 15.3 Å². The van der Waals surface area contributed by atoms with E-state index in [1.807, 2.05) is 38.1 Å². The Labute approximate surface area is 160 Å². The molecule has 7 heteroatoms. The van der Waals surface area contributed by atoms with Gasteiger partial charge in [-0.15, -0.1) is 0 Å². The highest BCUT2D eigenvalue weighted by atomic mass is 19.4. The van der Waals surface area contributed by atoms with Gasteiger partial charge in [-0.2, -0.15) is 13.2 Å². The topological polar surface area (TPSA) is 57.8 Å². The fourth-order valence-electron chi connectivity index (χ4n) is 2.94. The Morgan fingerprint density at radius 1 is 1.07 bits per heavy atom. The summed E-state index contributed by atoms with van der Waals surface area (Å²) in [6, 6.07) is 14.1. The molecule has 28 heavy (non-hydrogen) atoms. The minimum absolute atomic E-state index is 0.0602. The van der Waals surface area contributed by atoms with Crippen LogP contribution in [0.25, 0.3) is 16.6 Å². The first-order chi connectivity index (χ1) is 13.3. The van der Waals surface area contributed by atoms with E-state index in [9.17, 15) is 18.0 Å². The zero-order valence-corrected chi connectivity index (χ0v) is 15.4. The van der Waals surface area contributed by atoms with Gasteiger partial charge in [0.1, 0.15) is 5.82 Å². The van der Waals surface area contributed by atoms with Gasteiger partial charge in [-0.1, -0.05) is 56.3 Å². The van der Waals surface area contributed by atoms with Crippen molar-refractivity contribution in [3.05, 3.63) is 72.1 Å².